The van der Waals surface area contributed by atoms with Gasteiger partial charge in [0.15, 0.2) is 0 Å². The highest BCUT2D eigenvalue weighted by molar-refractivity contribution is 6.04. The van der Waals surface area contributed by atoms with Gasteiger partial charge in [0.2, 0.25) is 0 Å². The summed E-state index contributed by atoms with van der Waals surface area (Å²) in [5.74, 6) is 0.0467. The summed E-state index contributed by atoms with van der Waals surface area (Å²) in [4.78, 5) is 25.8. The molecule has 0 unspecified atom stereocenters. The first-order chi connectivity index (χ1) is 18.0. The van der Waals surface area contributed by atoms with Crippen LogP contribution >= 0.6 is 0 Å². The molecular weight excluding hydrogens is 464 g/mol. The van der Waals surface area contributed by atoms with Gasteiger partial charge in [-0.05, 0) is 68.1 Å². The van der Waals surface area contributed by atoms with Gasteiger partial charge in [0, 0.05) is 29.3 Å². The molecule has 0 saturated heterocycles. The van der Waals surface area contributed by atoms with E-state index in [1.54, 1.807) is 24.3 Å². The van der Waals surface area contributed by atoms with Crippen LogP contribution in [0.4, 0.5) is 10.5 Å². The van der Waals surface area contributed by atoms with Gasteiger partial charge in [-0.3, -0.25) is 4.79 Å². The molecule has 1 heterocycles. The summed E-state index contributed by atoms with van der Waals surface area (Å²) >= 11 is 0. The lowest BCUT2D eigenvalue weighted by Crippen LogP contribution is -2.33. The summed E-state index contributed by atoms with van der Waals surface area (Å²) in [5.41, 5.74) is 5.09. The number of carbonyl (C=O) groups is 2. The fourth-order valence-electron chi connectivity index (χ4n) is 4.45. The van der Waals surface area contributed by atoms with Crippen LogP contribution < -0.4 is 10.6 Å². The summed E-state index contributed by atoms with van der Waals surface area (Å²) < 4.78 is 1.43. The quantitative estimate of drug-likeness (QED) is 0.279. The number of carbonyl (C=O) groups excluding carboxylic acids is 2. The van der Waals surface area contributed by atoms with E-state index in [0.29, 0.717) is 29.1 Å². The lowest BCUT2D eigenvalue weighted by molar-refractivity contribution is 0.102. The second-order valence-electron chi connectivity index (χ2n) is 9.51. The van der Waals surface area contributed by atoms with Gasteiger partial charge < -0.3 is 15.7 Å². The van der Waals surface area contributed by atoms with E-state index >= 15 is 0 Å². The molecule has 5 rings (SSSR count). The van der Waals surface area contributed by atoms with Crippen LogP contribution in [0, 0.1) is 6.92 Å². The van der Waals surface area contributed by atoms with Gasteiger partial charge in [-0.2, -0.15) is 9.78 Å². The average molecular weight is 495 g/mol. The Balaban J connectivity index is 1.36. The zero-order chi connectivity index (χ0) is 25.8. The molecule has 3 aromatic carbocycles. The van der Waals surface area contributed by atoms with Gasteiger partial charge >= 0.3 is 6.03 Å². The van der Waals surface area contributed by atoms with E-state index in [4.69, 9.17) is 0 Å². The van der Waals surface area contributed by atoms with Crippen molar-refractivity contribution in [1.29, 1.82) is 0 Å². The Morgan fingerprint density at radius 1 is 1.00 bits per heavy atom. The molecule has 7 heteroatoms. The van der Waals surface area contributed by atoms with Crippen LogP contribution in [0.1, 0.15) is 52.4 Å². The van der Waals surface area contributed by atoms with Gasteiger partial charge in [-0.15, -0.1) is 0 Å². The second-order valence-corrected chi connectivity index (χ2v) is 9.51. The number of rotatable bonds is 7. The van der Waals surface area contributed by atoms with E-state index in [0.717, 1.165) is 42.5 Å². The van der Waals surface area contributed by atoms with E-state index in [1.165, 1.54) is 10.7 Å². The Morgan fingerprint density at radius 2 is 1.76 bits per heavy atom. The molecule has 0 aliphatic heterocycles. The van der Waals surface area contributed by atoms with Crippen molar-refractivity contribution in [1.82, 2.24) is 15.1 Å². The minimum atomic E-state index is -0.285. The number of hydrogen-bond donors (Lipinski definition) is 3. The minimum absolute atomic E-state index is 0.0302. The predicted octanol–water partition coefficient (Wildman–Crippen LogP) is 5.88. The van der Waals surface area contributed by atoms with Gasteiger partial charge in [-0.1, -0.05) is 54.4 Å². The molecule has 1 fully saturated rings. The zero-order valence-electron chi connectivity index (χ0n) is 20.8. The molecule has 0 atom stereocenters. The molecule has 1 aliphatic rings. The number of aromatic hydroxyl groups is 1. The SMILES string of the molecule is Cc1ccc(C(=O)Nc2ccc(O)c(-c3cc(C4CCC4)n(C(=O)NCCc4ccccc4)n3)c2)cc1. The molecule has 1 saturated carbocycles. The van der Waals surface area contributed by atoms with Crippen LogP contribution in [-0.2, 0) is 6.42 Å². The molecule has 7 nitrogen and oxygen atoms in total. The van der Waals surface area contributed by atoms with E-state index in [-0.39, 0.29) is 23.6 Å². The standard InChI is InChI=1S/C30H30N4O3/c1-20-10-12-23(13-11-20)29(36)32-24-14-15-28(35)25(18-24)26-19-27(22-8-5-9-22)34(33-26)30(37)31-17-16-21-6-3-2-4-7-21/h2-4,6-7,10-15,18-19,22,35H,5,8-9,16-17H2,1H3,(H,31,37)(H,32,36). The highest BCUT2D eigenvalue weighted by Gasteiger charge is 2.27. The van der Waals surface area contributed by atoms with Crippen LogP contribution in [-0.4, -0.2) is 33.4 Å². The summed E-state index contributed by atoms with van der Waals surface area (Å²) in [5, 5.41) is 21.1. The average Bonchev–Trinajstić information content (AvgIpc) is 3.29. The zero-order valence-corrected chi connectivity index (χ0v) is 20.8. The number of nitrogens with zero attached hydrogens (tertiary/aromatic N) is 2. The molecule has 0 radical (unpaired) electrons. The summed E-state index contributed by atoms with van der Waals surface area (Å²) in [6.07, 6.45) is 3.84. The molecule has 37 heavy (non-hydrogen) atoms. The number of phenolic OH excluding ortho intramolecular Hbond substituents is 1. The third-order valence-corrected chi connectivity index (χ3v) is 6.83. The molecule has 0 bridgehead atoms. The van der Waals surface area contributed by atoms with Crippen LogP contribution in [0.2, 0.25) is 0 Å². The number of aryl methyl sites for hydroxylation is 1. The third-order valence-electron chi connectivity index (χ3n) is 6.83. The first-order valence-corrected chi connectivity index (χ1v) is 12.6. The van der Waals surface area contributed by atoms with E-state index in [1.807, 2.05) is 55.5 Å². The molecule has 3 N–H and O–H groups in total. The number of aromatic nitrogens is 2. The third kappa shape index (κ3) is 5.56. The van der Waals surface area contributed by atoms with Gasteiger partial charge in [-0.25, -0.2) is 4.79 Å². The highest BCUT2D eigenvalue weighted by atomic mass is 16.3. The van der Waals surface area contributed by atoms with E-state index in [2.05, 4.69) is 15.7 Å². The smallest absolute Gasteiger partial charge is 0.342 e. The largest absolute Gasteiger partial charge is 0.507 e. The van der Waals surface area contributed by atoms with Crippen molar-refractivity contribution < 1.29 is 14.7 Å². The minimum Gasteiger partial charge on any atom is -0.507 e. The van der Waals surface area contributed by atoms with Gasteiger partial charge in [0.25, 0.3) is 5.91 Å². The normalized spacial score (nSPS) is 13.1. The van der Waals surface area contributed by atoms with Crippen molar-refractivity contribution in [2.24, 2.45) is 0 Å². The van der Waals surface area contributed by atoms with Crippen LogP contribution in [0.25, 0.3) is 11.3 Å². The second kappa shape index (κ2) is 10.7. The Bertz CT molecular complexity index is 1410. The van der Waals surface area contributed by atoms with Crippen LogP contribution in [0.15, 0.2) is 78.9 Å². The number of anilines is 1. The predicted molar refractivity (Wildman–Crippen MR) is 144 cm³/mol. The van der Waals surface area contributed by atoms with E-state index < -0.39 is 0 Å². The van der Waals surface area contributed by atoms with Crippen LogP contribution in [0.5, 0.6) is 5.75 Å². The maximum absolute atomic E-state index is 13.1. The van der Waals surface area contributed by atoms with Gasteiger partial charge in [0.05, 0.1) is 11.4 Å². The molecule has 0 spiro atoms. The summed E-state index contributed by atoms with van der Waals surface area (Å²) in [6, 6.07) is 23.8. The number of phenols is 1. The van der Waals surface area contributed by atoms with Crippen LogP contribution in [0.3, 0.4) is 0 Å². The van der Waals surface area contributed by atoms with Crippen molar-refractivity contribution in [3.8, 4) is 17.0 Å². The molecule has 1 aromatic heterocycles. The van der Waals surface area contributed by atoms with Crippen molar-refractivity contribution in [2.45, 2.75) is 38.5 Å². The Morgan fingerprint density at radius 3 is 2.46 bits per heavy atom. The van der Waals surface area contributed by atoms with E-state index in [9.17, 15) is 14.7 Å². The topological polar surface area (TPSA) is 96.2 Å². The molecule has 4 aromatic rings. The van der Waals surface area contributed by atoms with Crippen molar-refractivity contribution in [3.63, 3.8) is 0 Å². The number of nitrogens with one attached hydrogen (secondary N) is 2. The fourth-order valence-corrected chi connectivity index (χ4v) is 4.45. The summed E-state index contributed by atoms with van der Waals surface area (Å²) in [7, 11) is 0. The maximum Gasteiger partial charge on any atom is 0.342 e. The lowest BCUT2D eigenvalue weighted by Gasteiger charge is -2.25. The molecule has 2 amide bonds. The Labute approximate surface area is 216 Å². The Hall–Kier alpha value is -4.39. The molecule has 188 valence electrons. The highest BCUT2D eigenvalue weighted by Crippen LogP contribution is 2.39. The van der Waals surface area contributed by atoms with Crippen molar-refractivity contribution >= 4 is 17.6 Å². The maximum atomic E-state index is 13.1. The van der Waals surface area contributed by atoms with Crippen molar-refractivity contribution in [3.05, 3.63) is 101 Å². The molecular formula is C30H30N4O3. The lowest BCUT2D eigenvalue weighted by atomic mass is 9.82. The fraction of sp³-hybridized carbons (Fsp3) is 0.233. The van der Waals surface area contributed by atoms with Crippen molar-refractivity contribution in [2.75, 3.05) is 11.9 Å². The van der Waals surface area contributed by atoms with Gasteiger partial charge in [0.1, 0.15) is 5.75 Å². The molecule has 1 aliphatic carbocycles. The Kier molecular flexibility index (Phi) is 7.03. The number of hydrogen-bond acceptors (Lipinski definition) is 4. The first kappa shape index (κ1) is 24.3. The monoisotopic (exact) mass is 494 g/mol. The first-order valence-electron chi connectivity index (χ1n) is 12.6. The number of benzene rings is 3. The summed E-state index contributed by atoms with van der Waals surface area (Å²) in [6.45, 7) is 2.46. The number of amides is 2.